The van der Waals surface area contributed by atoms with Gasteiger partial charge in [0, 0.05) is 10.2 Å². The molecule has 0 bridgehead atoms. The molecule has 16 heavy (non-hydrogen) atoms. The highest BCUT2D eigenvalue weighted by Gasteiger charge is 2.32. The van der Waals surface area contributed by atoms with E-state index in [0.717, 1.165) is 29.4 Å². The number of hydrogen-bond acceptors (Lipinski definition) is 2. The predicted octanol–water partition coefficient (Wildman–Crippen LogP) is 3.11. The lowest BCUT2D eigenvalue weighted by atomic mass is 9.79. The molecule has 1 atom stereocenters. The monoisotopic (exact) mass is 283 g/mol. The molecule has 2 N–H and O–H groups in total. The zero-order valence-electron chi connectivity index (χ0n) is 8.82. The van der Waals surface area contributed by atoms with Crippen LogP contribution in [0.3, 0.4) is 0 Å². The lowest BCUT2D eigenvalue weighted by Crippen LogP contribution is -2.40. The molecular weight excluding hydrogens is 270 g/mol. The van der Waals surface area contributed by atoms with E-state index in [2.05, 4.69) is 21.2 Å². The Morgan fingerprint density at radius 1 is 1.44 bits per heavy atom. The van der Waals surface area contributed by atoms with Crippen LogP contribution < -0.4 is 5.32 Å². The van der Waals surface area contributed by atoms with E-state index >= 15 is 0 Å². The molecule has 0 aliphatic heterocycles. The first-order valence-corrected chi connectivity index (χ1v) is 6.21. The average molecular weight is 284 g/mol. The third-order valence-electron chi connectivity index (χ3n) is 3.07. The Labute approximate surface area is 103 Å². The van der Waals surface area contributed by atoms with Gasteiger partial charge in [-0.1, -0.05) is 18.6 Å². The van der Waals surface area contributed by atoms with Crippen molar-refractivity contribution in [1.82, 2.24) is 0 Å². The third-order valence-corrected chi connectivity index (χ3v) is 3.76. The van der Waals surface area contributed by atoms with Crippen molar-refractivity contribution in [2.24, 2.45) is 5.92 Å². The Bertz CT molecular complexity index is 390. The predicted molar refractivity (Wildman–Crippen MR) is 66.5 cm³/mol. The number of carbonyl (C=O) groups is 1. The molecule has 1 aliphatic carbocycles. The highest BCUT2D eigenvalue weighted by atomic mass is 79.9. The van der Waals surface area contributed by atoms with Gasteiger partial charge in [-0.3, -0.25) is 0 Å². The summed E-state index contributed by atoms with van der Waals surface area (Å²) < 4.78 is 0.903. The van der Waals surface area contributed by atoms with Crippen LogP contribution in [0.5, 0.6) is 0 Å². The molecule has 1 saturated carbocycles. The maximum absolute atomic E-state index is 11.2. The van der Waals surface area contributed by atoms with Crippen molar-refractivity contribution < 1.29 is 9.90 Å². The SMILES string of the molecule is O=C(O)C(Nc1ccccc1Br)C1CCC1. The number of halogens is 1. The fourth-order valence-electron chi connectivity index (χ4n) is 1.90. The van der Waals surface area contributed by atoms with Crippen LogP contribution in [-0.4, -0.2) is 17.1 Å². The first-order chi connectivity index (χ1) is 7.68. The number of para-hydroxylation sites is 1. The molecule has 1 fully saturated rings. The van der Waals surface area contributed by atoms with E-state index in [1.165, 1.54) is 0 Å². The van der Waals surface area contributed by atoms with Crippen molar-refractivity contribution in [3.63, 3.8) is 0 Å². The summed E-state index contributed by atoms with van der Waals surface area (Å²) in [6.07, 6.45) is 3.16. The van der Waals surface area contributed by atoms with Gasteiger partial charge in [0.15, 0.2) is 0 Å². The van der Waals surface area contributed by atoms with E-state index in [4.69, 9.17) is 0 Å². The molecule has 0 saturated heterocycles. The first-order valence-electron chi connectivity index (χ1n) is 5.42. The fraction of sp³-hybridized carbons (Fsp3) is 0.417. The van der Waals surface area contributed by atoms with Crippen molar-refractivity contribution in [3.8, 4) is 0 Å². The van der Waals surface area contributed by atoms with Gasteiger partial charge in [-0.05, 0) is 46.8 Å². The number of carboxylic acids is 1. The Morgan fingerprint density at radius 2 is 2.12 bits per heavy atom. The largest absolute Gasteiger partial charge is 0.480 e. The number of carboxylic acid groups (broad SMARTS) is 1. The van der Waals surface area contributed by atoms with E-state index in [1.807, 2.05) is 24.3 Å². The lowest BCUT2D eigenvalue weighted by Gasteiger charge is -2.32. The normalized spacial score (nSPS) is 17.6. The van der Waals surface area contributed by atoms with Gasteiger partial charge >= 0.3 is 5.97 Å². The average Bonchev–Trinajstić information content (AvgIpc) is 2.17. The van der Waals surface area contributed by atoms with Gasteiger partial charge in [0.25, 0.3) is 0 Å². The Kier molecular flexibility index (Phi) is 3.49. The second-order valence-electron chi connectivity index (χ2n) is 4.13. The molecule has 0 spiro atoms. The summed E-state index contributed by atoms with van der Waals surface area (Å²) in [4.78, 5) is 11.2. The van der Waals surface area contributed by atoms with Crippen LogP contribution >= 0.6 is 15.9 Å². The zero-order chi connectivity index (χ0) is 11.5. The van der Waals surface area contributed by atoms with Crippen LogP contribution in [0.4, 0.5) is 5.69 Å². The number of anilines is 1. The molecular formula is C12H14BrNO2. The van der Waals surface area contributed by atoms with Gasteiger partial charge in [0.1, 0.15) is 6.04 Å². The summed E-state index contributed by atoms with van der Waals surface area (Å²) in [5.74, 6) is -0.495. The van der Waals surface area contributed by atoms with Crippen molar-refractivity contribution in [2.75, 3.05) is 5.32 Å². The van der Waals surface area contributed by atoms with E-state index < -0.39 is 12.0 Å². The first kappa shape index (κ1) is 11.5. The topological polar surface area (TPSA) is 49.3 Å². The van der Waals surface area contributed by atoms with Gasteiger partial charge in [-0.2, -0.15) is 0 Å². The second-order valence-corrected chi connectivity index (χ2v) is 4.99. The van der Waals surface area contributed by atoms with E-state index in [-0.39, 0.29) is 5.92 Å². The maximum Gasteiger partial charge on any atom is 0.326 e. The smallest absolute Gasteiger partial charge is 0.326 e. The van der Waals surface area contributed by atoms with Crippen molar-refractivity contribution in [1.29, 1.82) is 0 Å². The lowest BCUT2D eigenvalue weighted by molar-refractivity contribution is -0.139. The van der Waals surface area contributed by atoms with Crippen LogP contribution in [0.25, 0.3) is 0 Å². The highest BCUT2D eigenvalue weighted by molar-refractivity contribution is 9.10. The third kappa shape index (κ3) is 2.38. The molecule has 1 unspecified atom stereocenters. The number of nitrogens with one attached hydrogen (secondary N) is 1. The maximum atomic E-state index is 11.2. The molecule has 4 heteroatoms. The van der Waals surface area contributed by atoms with Crippen LogP contribution in [-0.2, 0) is 4.79 Å². The minimum atomic E-state index is -0.763. The Hall–Kier alpha value is -1.03. The summed E-state index contributed by atoms with van der Waals surface area (Å²) in [5, 5.41) is 12.3. The Balaban J connectivity index is 2.11. The van der Waals surface area contributed by atoms with Crippen LogP contribution in [0.15, 0.2) is 28.7 Å². The van der Waals surface area contributed by atoms with Crippen LogP contribution in [0, 0.1) is 5.92 Å². The summed E-state index contributed by atoms with van der Waals surface area (Å²) in [6, 6.07) is 7.13. The molecule has 2 rings (SSSR count). The zero-order valence-corrected chi connectivity index (χ0v) is 10.4. The van der Waals surface area contributed by atoms with Gasteiger partial charge in [0.2, 0.25) is 0 Å². The number of aliphatic carboxylic acids is 1. The van der Waals surface area contributed by atoms with E-state index in [9.17, 15) is 9.90 Å². The number of benzene rings is 1. The Morgan fingerprint density at radius 3 is 2.62 bits per heavy atom. The summed E-state index contributed by atoms with van der Waals surface area (Å²) in [5.41, 5.74) is 0.849. The van der Waals surface area contributed by atoms with Crippen LogP contribution in [0.1, 0.15) is 19.3 Å². The molecule has 86 valence electrons. The molecule has 1 aliphatic rings. The molecule has 1 aromatic carbocycles. The molecule has 0 radical (unpaired) electrons. The summed E-state index contributed by atoms with van der Waals surface area (Å²) >= 11 is 3.41. The minimum absolute atomic E-state index is 0.268. The quantitative estimate of drug-likeness (QED) is 0.893. The van der Waals surface area contributed by atoms with Gasteiger partial charge in [-0.15, -0.1) is 0 Å². The van der Waals surface area contributed by atoms with Gasteiger partial charge < -0.3 is 10.4 Å². The van der Waals surface area contributed by atoms with Crippen molar-refractivity contribution >= 4 is 27.6 Å². The number of hydrogen-bond donors (Lipinski definition) is 2. The molecule has 0 amide bonds. The molecule has 0 heterocycles. The van der Waals surface area contributed by atoms with Crippen molar-refractivity contribution in [2.45, 2.75) is 25.3 Å². The molecule has 0 aromatic heterocycles. The van der Waals surface area contributed by atoms with Gasteiger partial charge in [0.05, 0.1) is 0 Å². The highest BCUT2D eigenvalue weighted by Crippen LogP contribution is 2.32. The van der Waals surface area contributed by atoms with E-state index in [1.54, 1.807) is 0 Å². The minimum Gasteiger partial charge on any atom is -0.480 e. The fourth-order valence-corrected chi connectivity index (χ4v) is 2.30. The van der Waals surface area contributed by atoms with Crippen LogP contribution in [0.2, 0.25) is 0 Å². The summed E-state index contributed by atoms with van der Waals surface area (Å²) in [7, 11) is 0. The molecule has 3 nitrogen and oxygen atoms in total. The van der Waals surface area contributed by atoms with Gasteiger partial charge in [-0.25, -0.2) is 4.79 Å². The standard InChI is InChI=1S/C12H14BrNO2/c13-9-6-1-2-7-10(9)14-11(12(15)16)8-4-3-5-8/h1-2,6-8,11,14H,3-5H2,(H,15,16). The molecule has 1 aromatic rings. The van der Waals surface area contributed by atoms with E-state index in [0.29, 0.717) is 0 Å². The number of rotatable bonds is 4. The second kappa shape index (κ2) is 4.87. The summed E-state index contributed by atoms with van der Waals surface area (Å²) in [6.45, 7) is 0. The van der Waals surface area contributed by atoms with Crippen molar-refractivity contribution in [3.05, 3.63) is 28.7 Å².